The molecule has 0 atom stereocenters. The van der Waals surface area contributed by atoms with E-state index in [1.165, 1.54) is 12.8 Å². The van der Waals surface area contributed by atoms with Crippen LogP contribution in [0.25, 0.3) is 0 Å². The van der Waals surface area contributed by atoms with Crippen LogP contribution in [0.1, 0.15) is 64.7 Å². The molecular weight excluding hydrogens is 240 g/mol. The van der Waals surface area contributed by atoms with Crippen LogP contribution in [0, 0.1) is 17.8 Å². The second-order valence-corrected chi connectivity index (χ2v) is 6.17. The number of hydrogen-bond donors (Lipinski definition) is 0. The molecule has 0 unspecified atom stereocenters. The van der Waals surface area contributed by atoms with Crippen molar-refractivity contribution in [2.45, 2.75) is 64.7 Å². The summed E-state index contributed by atoms with van der Waals surface area (Å²) in [7, 11) is 0. The lowest BCUT2D eigenvalue weighted by Gasteiger charge is -2.35. The zero-order chi connectivity index (χ0) is 13.7. The lowest BCUT2D eigenvalue weighted by Crippen LogP contribution is -2.26. The molecule has 0 amide bonds. The van der Waals surface area contributed by atoms with Crippen molar-refractivity contribution in [1.82, 2.24) is 0 Å². The first kappa shape index (κ1) is 14.5. The van der Waals surface area contributed by atoms with Gasteiger partial charge in [-0.15, -0.1) is 0 Å². The molecule has 0 aromatic heterocycles. The molecule has 2 saturated carbocycles. The number of carbonyl (C=O) groups excluding carboxylic acids is 2. The highest BCUT2D eigenvalue weighted by molar-refractivity contribution is 5.79. The van der Waals surface area contributed by atoms with E-state index in [1.807, 2.05) is 6.92 Å². The van der Waals surface area contributed by atoms with E-state index in [4.69, 9.17) is 4.74 Å². The first-order chi connectivity index (χ1) is 9.19. The predicted octanol–water partition coefficient (Wildman–Crippen LogP) is 3.51. The highest BCUT2D eigenvalue weighted by Gasteiger charge is 2.30. The van der Waals surface area contributed by atoms with Crippen LogP contribution in [0.15, 0.2) is 0 Å². The van der Waals surface area contributed by atoms with Gasteiger partial charge in [-0.25, -0.2) is 0 Å². The SMILES string of the molecule is CCOC(=O)CC1CCC(C2CCC(=O)CC2)CC1. The Morgan fingerprint density at radius 1 is 1.05 bits per heavy atom. The van der Waals surface area contributed by atoms with Gasteiger partial charge in [-0.2, -0.15) is 0 Å². The largest absolute Gasteiger partial charge is 0.466 e. The lowest BCUT2D eigenvalue weighted by molar-refractivity contribution is -0.144. The van der Waals surface area contributed by atoms with Crippen LogP contribution in [0.5, 0.6) is 0 Å². The van der Waals surface area contributed by atoms with E-state index >= 15 is 0 Å². The van der Waals surface area contributed by atoms with E-state index in [9.17, 15) is 9.59 Å². The van der Waals surface area contributed by atoms with E-state index in [-0.39, 0.29) is 5.97 Å². The minimum absolute atomic E-state index is 0.0331. The van der Waals surface area contributed by atoms with Gasteiger partial charge >= 0.3 is 5.97 Å². The molecule has 19 heavy (non-hydrogen) atoms. The predicted molar refractivity (Wildman–Crippen MR) is 73.7 cm³/mol. The molecule has 0 radical (unpaired) electrons. The van der Waals surface area contributed by atoms with Crippen molar-refractivity contribution < 1.29 is 14.3 Å². The number of hydrogen-bond acceptors (Lipinski definition) is 3. The normalized spacial score (nSPS) is 29.2. The Morgan fingerprint density at radius 2 is 1.63 bits per heavy atom. The zero-order valence-corrected chi connectivity index (χ0v) is 12.0. The van der Waals surface area contributed by atoms with Gasteiger partial charge in [0, 0.05) is 19.3 Å². The van der Waals surface area contributed by atoms with Crippen LogP contribution in [-0.4, -0.2) is 18.4 Å². The third-order valence-electron chi connectivity index (χ3n) is 4.91. The van der Waals surface area contributed by atoms with E-state index < -0.39 is 0 Å². The Hall–Kier alpha value is -0.860. The van der Waals surface area contributed by atoms with Gasteiger partial charge in [0.25, 0.3) is 0 Å². The molecule has 3 heteroatoms. The van der Waals surface area contributed by atoms with Gasteiger partial charge in [-0.3, -0.25) is 9.59 Å². The molecule has 2 aliphatic carbocycles. The van der Waals surface area contributed by atoms with Crippen molar-refractivity contribution in [1.29, 1.82) is 0 Å². The van der Waals surface area contributed by atoms with Crippen LogP contribution in [-0.2, 0) is 14.3 Å². The number of ether oxygens (including phenoxy) is 1. The van der Waals surface area contributed by atoms with E-state index in [0.29, 0.717) is 24.7 Å². The summed E-state index contributed by atoms with van der Waals surface area (Å²) in [5.74, 6) is 2.51. The number of carbonyl (C=O) groups is 2. The summed E-state index contributed by atoms with van der Waals surface area (Å²) in [6.45, 7) is 2.35. The van der Waals surface area contributed by atoms with Gasteiger partial charge in [-0.05, 0) is 63.2 Å². The van der Waals surface area contributed by atoms with Crippen LogP contribution in [0.4, 0.5) is 0 Å². The van der Waals surface area contributed by atoms with E-state index in [0.717, 1.165) is 50.4 Å². The molecular formula is C16H26O3. The van der Waals surface area contributed by atoms with Crippen LogP contribution in [0.3, 0.4) is 0 Å². The summed E-state index contributed by atoms with van der Waals surface area (Å²) < 4.78 is 5.02. The van der Waals surface area contributed by atoms with Gasteiger partial charge in [0.05, 0.1) is 6.61 Å². The summed E-state index contributed by atoms with van der Waals surface area (Å²) in [4.78, 5) is 22.7. The fraction of sp³-hybridized carbons (Fsp3) is 0.875. The van der Waals surface area contributed by atoms with Crippen molar-refractivity contribution in [3.05, 3.63) is 0 Å². The number of rotatable bonds is 4. The minimum Gasteiger partial charge on any atom is -0.466 e. The lowest BCUT2D eigenvalue weighted by atomic mass is 9.70. The van der Waals surface area contributed by atoms with Crippen molar-refractivity contribution in [2.24, 2.45) is 17.8 Å². The standard InChI is InChI=1S/C16H26O3/c1-2-19-16(18)11-12-3-5-13(6-4-12)14-7-9-15(17)10-8-14/h12-14H,2-11H2,1H3. The molecule has 0 aromatic rings. The minimum atomic E-state index is -0.0331. The topological polar surface area (TPSA) is 43.4 Å². The first-order valence-electron chi connectivity index (χ1n) is 7.86. The molecule has 2 rings (SSSR count). The number of ketones is 1. The molecule has 0 heterocycles. The number of esters is 1. The highest BCUT2D eigenvalue weighted by Crippen LogP contribution is 2.40. The van der Waals surface area contributed by atoms with Gasteiger partial charge in [-0.1, -0.05) is 0 Å². The maximum Gasteiger partial charge on any atom is 0.306 e. The molecule has 0 aromatic carbocycles. The molecule has 0 N–H and O–H groups in total. The molecule has 2 aliphatic rings. The zero-order valence-electron chi connectivity index (χ0n) is 12.0. The van der Waals surface area contributed by atoms with Crippen molar-refractivity contribution in [3.8, 4) is 0 Å². The third-order valence-corrected chi connectivity index (χ3v) is 4.91. The second-order valence-electron chi connectivity index (χ2n) is 6.17. The first-order valence-corrected chi connectivity index (χ1v) is 7.86. The smallest absolute Gasteiger partial charge is 0.306 e. The van der Waals surface area contributed by atoms with Crippen molar-refractivity contribution in [2.75, 3.05) is 6.61 Å². The molecule has 108 valence electrons. The van der Waals surface area contributed by atoms with Gasteiger partial charge in [0.2, 0.25) is 0 Å². The molecule has 0 bridgehead atoms. The average molecular weight is 266 g/mol. The average Bonchev–Trinajstić information content (AvgIpc) is 2.41. The highest BCUT2D eigenvalue weighted by atomic mass is 16.5. The van der Waals surface area contributed by atoms with Crippen LogP contribution in [0.2, 0.25) is 0 Å². The summed E-state index contributed by atoms with van der Waals surface area (Å²) in [6.07, 6.45) is 9.20. The van der Waals surface area contributed by atoms with Crippen molar-refractivity contribution in [3.63, 3.8) is 0 Å². The van der Waals surface area contributed by atoms with Crippen molar-refractivity contribution >= 4 is 11.8 Å². The Morgan fingerprint density at radius 3 is 2.21 bits per heavy atom. The monoisotopic (exact) mass is 266 g/mol. The molecule has 0 spiro atoms. The molecule has 3 nitrogen and oxygen atoms in total. The summed E-state index contributed by atoms with van der Waals surface area (Å²) in [5, 5.41) is 0. The van der Waals surface area contributed by atoms with E-state index in [1.54, 1.807) is 0 Å². The fourth-order valence-corrected chi connectivity index (χ4v) is 3.75. The quantitative estimate of drug-likeness (QED) is 0.731. The number of Topliss-reactive ketones (excluding diaryl/α,β-unsaturated/α-hetero) is 1. The van der Waals surface area contributed by atoms with Crippen LogP contribution < -0.4 is 0 Å². The van der Waals surface area contributed by atoms with Gasteiger partial charge < -0.3 is 4.74 Å². The summed E-state index contributed by atoms with van der Waals surface area (Å²) in [5.41, 5.74) is 0. The Balaban J connectivity index is 1.70. The Kier molecular flexibility index (Phi) is 5.41. The third kappa shape index (κ3) is 4.32. The molecule has 0 saturated heterocycles. The fourth-order valence-electron chi connectivity index (χ4n) is 3.75. The van der Waals surface area contributed by atoms with Crippen LogP contribution >= 0.6 is 0 Å². The molecule has 2 fully saturated rings. The maximum absolute atomic E-state index is 11.5. The van der Waals surface area contributed by atoms with E-state index in [2.05, 4.69) is 0 Å². The Bertz CT molecular complexity index is 306. The molecule has 0 aliphatic heterocycles. The summed E-state index contributed by atoms with van der Waals surface area (Å²) in [6, 6.07) is 0. The summed E-state index contributed by atoms with van der Waals surface area (Å²) >= 11 is 0. The second kappa shape index (κ2) is 7.06. The maximum atomic E-state index is 11.5. The van der Waals surface area contributed by atoms with Gasteiger partial charge in [0.15, 0.2) is 0 Å². The Labute approximate surface area is 116 Å². The van der Waals surface area contributed by atoms with Gasteiger partial charge in [0.1, 0.15) is 5.78 Å².